The first-order chi connectivity index (χ1) is 15.2. The van der Waals surface area contributed by atoms with Crippen LogP contribution in [0, 0.1) is 5.92 Å². The van der Waals surface area contributed by atoms with Crippen molar-refractivity contribution in [3.63, 3.8) is 0 Å². The summed E-state index contributed by atoms with van der Waals surface area (Å²) in [7, 11) is 3.07. The van der Waals surface area contributed by atoms with Crippen LogP contribution < -0.4 is 25.8 Å². The molecule has 0 heterocycles. The first kappa shape index (κ1) is 25.5. The Morgan fingerprint density at radius 2 is 1.81 bits per heavy atom. The van der Waals surface area contributed by atoms with Crippen LogP contribution in [0.4, 0.5) is 0 Å². The second-order valence-electron chi connectivity index (χ2n) is 8.59. The van der Waals surface area contributed by atoms with E-state index in [-0.39, 0.29) is 42.3 Å². The summed E-state index contributed by atoms with van der Waals surface area (Å²) in [5.41, 5.74) is 6.68. The van der Waals surface area contributed by atoms with Gasteiger partial charge in [-0.2, -0.15) is 0 Å². The van der Waals surface area contributed by atoms with Gasteiger partial charge in [0.25, 0.3) is 0 Å². The molecular weight excluding hydrogens is 412 g/mol. The van der Waals surface area contributed by atoms with Crippen molar-refractivity contribution >= 4 is 17.8 Å². The van der Waals surface area contributed by atoms with Gasteiger partial charge in [-0.05, 0) is 55.7 Å². The maximum absolute atomic E-state index is 12.8. The molecule has 1 aliphatic rings. The molecule has 9 nitrogen and oxygen atoms in total. The summed E-state index contributed by atoms with van der Waals surface area (Å²) in [5.74, 6) is 0.685. The molecule has 0 radical (unpaired) electrons. The molecule has 2 amide bonds. The Balaban J connectivity index is 1.99. The highest BCUT2D eigenvalue weighted by atomic mass is 16.5. The third-order valence-electron chi connectivity index (χ3n) is 5.42. The first-order valence-electron chi connectivity index (χ1n) is 11.0. The lowest BCUT2D eigenvalue weighted by atomic mass is 9.92. The van der Waals surface area contributed by atoms with Crippen LogP contribution in [0.1, 0.15) is 51.5 Å². The molecule has 1 atom stereocenters. The summed E-state index contributed by atoms with van der Waals surface area (Å²) >= 11 is 0. The standard InChI is InChI=1S/C23H36N4O5/c1-14(2)11-18(22(30)25-16-6-8-17(28)9-7-16)26-23(24)27-21(29)13-15-5-10-19(31-3)20(12-15)32-4/h5,10,12,14,16-18,28H,6-9,11,13H2,1-4H3,(H,25,30)(H3,24,26,27,29). The number of nitrogens with two attached hydrogens (primary N) is 1. The maximum atomic E-state index is 12.8. The molecule has 0 aromatic heterocycles. The molecule has 9 heteroatoms. The Morgan fingerprint density at radius 1 is 1.16 bits per heavy atom. The number of aliphatic imine (C=N–C) groups is 1. The second kappa shape index (κ2) is 12.3. The SMILES string of the molecule is COc1ccc(CC(=O)NC(N)=NC(CC(C)C)C(=O)NC2CCC(O)CC2)cc1OC. The van der Waals surface area contributed by atoms with E-state index in [4.69, 9.17) is 15.2 Å². The van der Waals surface area contributed by atoms with Crippen LogP contribution in [0.2, 0.25) is 0 Å². The van der Waals surface area contributed by atoms with Crippen LogP contribution in [0.5, 0.6) is 11.5 Å². The minimum Gasteiger partial charge on any atom is -0.493 e. The zero-order chi connectivity index (χ0) is 23.7. The second-order valence-corrected chi connectivity index (χ2v) is 8.59. The highest BCUT2D eigenvalue weighted by molar-refractivity contribution is 5.98. The minimum atomic E-state index is -0.691. The number of rotatable bonds is 9. The molecule has 5 N–H and O–H groups in total. The fourth-order valence-corrected chi connectivity index (χ4v) is 3.75. The van der Waals surface area contributed by atoms with Crippen LogP contribution in [0.15, 0.2) is 23.2 Å². The van der Waals surface area contributed by atoms with E-state index in [0.717, 1.165) is 18.4 Å². The number of hydrogen-bond acceptors (Lipinski definition) is 6. The summed E-state index contributed by atoms with van der Waals surface area (Å²) in [5, 5.41) is 15.2. The molecule has 1 unspecified atom stereocenters. The van der Waals surface area contributed by atoms with Gasteiger partial charge in [0, 0.05) is 6.04 Å². The molecule has 1 aromatic carbocycles. The quantitative estimate of drug-likeness (QED) is 0.334. The number of methoxy groups -OCH3 is 2. The molecule has 0 aliphatic heterocycles. The monoisotopic (exact) mass is 448 g/mol. The van der Waals surface area contributed by atoms with Gasteiger partial charge in [0.15, 0.2) is 17.5 Å². The zero-order valence-electron chi connectivity index (χ0n) is 19.4. The topological polar surface area (TPSA) is 135 Å². The lowest BCUT2D eigenvalue weighted by molar-refractivity contribution is -0.124. The summed E-state index contributed by atoms with van der Waals surface area (Å²) in [6.07, 6.45) is 3.12. The number of carbonyl (C=O) groups is 2. The highest BCUT2D eigenvalue weighted by Gasteiger charge is 2.25. The van der Waals surface area contributed by atoms with Gasteiger partial charge < -0.3 is 25.6 Å². The molecule has 178 valence electrons. The van der Waals surface area contributed by atoms with E-state index in [2.05, 4.69) is 15.6 Å². The van der Waals surface area contributed by atoms with Gasteiger partial charge in [-0.1, -0.05) is 19.9 Å². The number of benzene rings is 1. The first-order valence-corrected chi connectivity index (χ1v) is 11.0. The van der Waals surface area contributed by atoms with E-state index >= 15 is 0 Å². The van der Waals surface area contributed by atoms with Gasteiger partial charge in [-0.3, -0.25) is 14.9 Å². The Labute approximate surface area is 189 Å². The maximum Gasteiger partial charge on any atom is 0.245 e. The number of aliphatic hydroxyl groups is 1. The molecule has 0 spiro atoms. The number of amides is 2. The molecule has 1 fully saturated rings. The summed E-state index contributed by atoms with van der Waals surface area (Å²) in [6, 6.07) is 4.55. The van der Waals surface area contributed by atoms with Gasteiger partial charge in [0.1, 0.15) is 6.04 Å². The number of ether oxygens (including phenoxy) is 2. The predicted molar refractivity (Wildman–Crippen MR) is 123 cm³/mol. The zero-order valence-corrected chi connectivity index (χ0v) is 19.4. The Morgan fingerprint density at radius 3 is 2.41 bits per heavy atom. The Hall–Kier alpha value is -2.81. The largest absolute Gasteiger partial charge is 0.493 e. The third-order valence-corrected chi connectivity index (χ3v) is 5.42. The van der Waals surface area contributed by atoms with Crippen molar-refractivity contribution in [3.05, 3.63) is 23.8 Å². The van der Waals surface area contributed by atoms with Crippen LogP contribution in [-0.4, -0.2) is 55.3 Å². The van der Waals surface area contributed by atoms with Gasteiger partial charge in [0.05, 0.1) is 26.7 Å². The molecule has 1 aromatic rings. The van der Waals surface area contributed by atoms with Crippen LogP contribution in [0.25, 0.3) is 0 Å². The minimum absolute atomic E-state index is 0.0247. The normalized spacial score (nSPS) is 19.9. The van der Waals surface area contributed by atoms with Crippen molar-refractivity contribution in [1.82, 2.24) is 10.6 Å². The van der Waals surface area contributed by atoms with Gasteiger partial charge in [-0.25, -0.2) is 4.99 Å². The number of hydrogen-bond donors (Lipinski definition) is 4. The van der Waals surface area contributed by atoms with E-state index in [1.165, 1.54) is 7.11 Å². The Bertz CT molecular complexity index is 804. The average Bonchev–Trinajstić information content (AvgIpc) is 2.74. The number of nitrogens with zero attached hydrogens (tertiary/aromatic N) is 1. The lowest BCUT2D eigenvalue weighted by Crippen LogP contribution is -2.45. The summed E-state index contributed by atoms with van der Waals surface area (Å²) in [4.78, 5) is 29.5. The van der Waals surface area contributed by atoms with Crippen molar-refractivity contribution in [2.45, 2.75) is 70.6 Å². The average molecular weight is 449 g/mol. The predicted octanol–water partition coefficient (Wildman–Crippen LogP) is 1.51. The van der Waals surface area contributed by atoms with Crippen LogP contribution >= 0.6 is 0 Å². The van der Waals surface area contributed by atoms with E-state index < -0.39 is 6.04 Å². The van der Waals surface area contributed by atoms with Crippen molar-refractivity contribution in [2.24, 2.45) is 16.6 Å². The van der Waals surface area contributed by atoms with E-state index in [0.29, 0.717) is 30.8 Å². The molecule has 2 rings (SSSR count). The van der Waals surface area contributed by atoms with Crippen molar-refractivity contribution in [3.8, 4) is 11.5 Å². The Kier molecular flexibility index (Phi) is 9.77. The third kappa shape index (κ3) is 8.03. The highest BCUT2D eigenvalue weighted by Crippen LogP contribution is 2.27. The molecule has 1 saturated carbocycles. The lowest BCUT2D eigenvalue weighted by Gasteiger charge is -2.27. The van der Waals surface area contributed by atoms with Crippen LogP contribution in [0.3, 0.4) is 0 Å². The summed E-state index contributed by atoms with van der Waals surface area (Å²) in [6.45, 7) is 4.00. The fourth-order valence-electron chi connectivity index (χ4n) is 3.75. The van der Waals surface area contributed by atoms with Gasteiger partial charge in [0.2, 0.25) is 11.8 Å². The summed E-state index contributed by atoms with van der Waals surface area (Å²) < 4.78 is 10.5. The van der Waals surface area contributed by atoms with Gasteiger partial charge in [-0.15, -0.1) is 0 Å². The van der Waals surface area contributed by atoms with Crippen molar-refractivity contribution in [1.29, 1.82) is 0 Å². The number of nitrogens with one attached hydrogen (secondary N) is 2. The number of guanidine groups is 1. The van der Waals surface area contributed by atoms with Crippen LogP contribution in [-0.2, 0) is 16.0 Å². The van der Waals surface area contributed by atoms with Crippen molar-refractivity contribution in [2.75, 3.05) is 14.2 Å². The van der Waals surface area contributed by atoms with E-state index in [9.17, 15) is 14.7 Å². The smallest absolute Gasteiger partial charge is 0.245 e. The van der Waals surface area contributed by atoms with Crippen molar-refractivity contribution < 1.29 is 24.2 Å². The van der Waals surface area contributed by atoms with Gasteiger partial charge >= 0.3 is 0 Å². The fraction of sp³-hybridized carbons (Fsp3) is 0.609. The molecular formula is C23H36N4O5. The molecule has 0 saturated heterocycles. The van der Waals surface area contributed by atoms with E-state index in [1.54, 1.807) is 25.3 Å². The van der Waals surface area contributed by atoms with E-state index in [1.807, 2.05) is 13.8 Å². The molecule has 1 aliphatic carbocycles. The number of aliphatic hydroxyl groups excluding tert-OH is 1. The number of carbonyl (C=O) groups excluding carboxylic acids is 2. The molecule has 32 heavy (non-hydrogen) atoms. The molecule has 0 bridgehead atoms.